The summed E-state index contributed by atoms with van der Waals surface area (Å²) in [6, 6.07) is 7.53. The molecule has 0 spiro atoms. The van der Waals surface area contributed by atoms with Crippen molar-refractivity contribution < 1.29 is 14.3 Å². The minimum Gasteiger partial charge on any atom is -0.453 e. The fourth-order valence-corrected chi connectivity index (χ4v) is 2.50. The Kier molecular flexibility index (Phi) is 3.47. The number of ether oxygens (including phenoxy) is 1. The molecule has 1 fully saturated rings. The van der Waals surface area contributed by atoms with Gasteiger partial charge in [0.2, 0.25) is 0 Å². The molecule has 1 aromatic carbocycles. The van der Waals surface area contributed by atoms with Crippen LogP contribution in [0.4, 0.5) is 4.79 Å². The van der Waals surface area contributed by atoms with Gasteiger partial charge in [-0.05, 0) is 6.07 Å². The topological polar surface area (TPSA) is 78.5 Å². The average Bonchev–Trinajstić information content (AvgIpc) is 2.97. The summed E-state index contributed by atoms with van der Waals surface area (Å²) in [5.74, 6) is -0.114. The van der Waals surface area contributed by atoms with Crippen molar-refractivity contribution in [1.29, 1.82) is 0 Å². The molecule has 0 unspecified atom stereocenters. The van der Waals surface area contributed by atoms with Crippen molar-refractivity contribution in [2.24, 2.45) is 0 Å². The maximum absolute atomic E-state index is 12.5. The van der Waals surface area contributed by atoms with Gasteiger partial charge < -0.3 is 14.5 Å². The normalized spacial score (nSPS) is 15.3. The van der Waals surface area contributed by atoms with Gasteiger partial charge in [0.05, 0.1) is 12.6 Å². The van der Waals surface area contributed by atoms with Crippen molar-refractivity contribution in [2.45, 2.75) is 0 Å². The predicted octanol–water partition coefficient (Wildman–Crippen LogP) is 1.09. The highest BCUT2D eigenvalue weighted by molar-refractivity contribution is 6.04. The molecule has 7 heteroatoms. The van der Waals surface area contributed by atoms with Crippen LogP contribution in [0.1, 0.15) is 10.5 Å². The zero-order valence-electron chi connectivity index (χ0n) is 11.7. The van der Waals surface area contributed by atoms with Gasteiger partial charge in [-0.3, -0.25) is 9.89 Å². The monoisotopic (exact) mass is 288 g/mol. The molecule has 2 aromatic rings. The largest absolute Gasteiger partial charge is 0.453 e. The fraction of sp³-hybridized carbons (Fsp3) is 0.357. The molecule has 110 valence electrons. The summed E-state index contributed by atoms with van der Waals surface area (Å²) in [6.45, 7) is 1.91. The highest BCUT2D eigenvalue weighted by atomic mass is 16.5. The lowest BCUT2D eigenvalue weighted by Crippen LogP contribution is -2.50. The Labute approximate surface area is 121 Å². The Bertz CT molecular complexity index is 674. The molecule has 21 heavy (non-hydrogen) atoms. The van der Waals surface area contributed by atoms with Crippen molar-refractivity contribution in [3.05, 3.63) is 30.0 Å². The molecule has 0 bridgehead atoms. The number of nitrogens with one attached hydrogen (secondary N) is 1. The number of fused-ring (bicyclic) bond motifs is 1. The average molecular weight is 288 g/mol. The summed E-state index contributed by atoms with van der Waals surface area (Å²) in [5, 5.41) is 7.80. The van der Waals surface area contributed by atoms with Gasteiger partial charge in [0.15, 0.2) is 5.69 Å². The van der Waals surface area contributed by atoms with E-state index < -0.39 is 0 Å². The first kappa shape index (κ1) is 13.4. The van der Waals surface area contributed by atoms with Crippen molar-refractivity contribution >= 4 is 22.9 Å². The molecule has 0 radical (unpaired) electrons. The van der Waals surface area contributed by atoms with Gasteiger partial charge in [0.25, 0.3) is 5.91 Å². The standard InChI is InChI=1S/C14H16N4O3/c1-21-14(20)18-8-6-17(7-9-18)13(19)12-10-4-2-3-5-11(10)15-16-12/h2-5H,6-9H2,1H3,(H,15,16). The SMILES string of the molecule is COC(=O)N1CCN(C(=O)c2n[nH]c3ccccc23)CC1. The van der Waals surface area contributed by atoms with Gasteiger partial charge in [-0.15, -0.1) is 0 Å². The maximum Gasteiger partial charge on any atom is 0.409 e. The number of hydrogen-bond donors (Lipinski definition) is 1. The number of piperazine rings is 1. The number of nitrogens with zero attached hydrogens (tertiary/aromatic N) is 3. The smallest absolute Gasteiger partial charge is 0.409 e. The summed E-state index contributed by atoms with van der Waals surface area (Å²) in [4.78, 5) is 27.3. The maximum atomic E-state index is 12.5. The van der Waals surface area contributed by atoms with Crippen molar-refractivity contribution in [2.75, 3.05) is 33.3 Å². The number of para-hydroxylation sites is 1. The number of hydrogen-bond acceptors (Lipinski definition) is 4. The number of H-pyrrole nitrogens is 1. The van der Waals surface area contributed by atoms with Gasteiger partial charge in [0, 0.05) is 31.6 Å². The lowest BCUT2D eigenvalue weighted by Gasteiger charge is -2.33. The van der Waals surface area contributed by atoms with Crippen LogP contribution < -0.4 is 0 Å². The highest BCUT2D eigenvalue weighted by Crippen LogP contribution is 2.17. The van der Waals surface area contributed by atoms with Gasteiger partial charge >= 0.3 is 6.09 Å². The number of benzene rings is 1. The van der Waals surface area contributed by atoms with E-state index >= 15 is 0 Å². The number of amides is 2. The number of rotatable bonds is 1. The quantitative estimate of drug-likeness (QED) is 0.852. The number of aromatic nitrogens is 2. The molecule has 3 rings (SSSR count). The van der Waals surface area contributed by atoms with Crippen LogP contribution in [-0.4, -0.2) is 65.3 Å². The minimum absolute atomic E-state index is 0.114. The van der Waals surface area contributed by atoms with Gasteiger partial charge in [-0.25, -0.2) is 4.79 Å². The lowest BCUT2D eigenvalue weighted by molar-refractivity contribution is 0.0596. The molecular formula is C14H16N4O3. The molecule has 1 aliphatic heterocycles. The minimum atomic E-state index is -0.354. The number of methoxy groups -OCH3 is 1. The second-order valence-electron chi connectivity index (χ2n) is 4.87. The van der Waals surface area contributed by atoms with Gasteiger partial charge in [-0.1, -0.05) is 18.2 Å². The Balaban J connectivity index is 1.74. The first-order valence-electron chi connectivity index (χ1n) is 6.76. The van der Waals surface area contributed by atoms with Crippen molar-refractivity contribution in [1.82, 2.24) is 20.0 Å². The van der Waals surface area contributed by atoms with Crippen LogP contribution in [0.3, 0.4) is 0 Å². The van der Waals surface area contributed by atoms with E-state index in [0.29, 0.717) is 31.9 Å². The van der Waals surface area contributed by atoms with Crippen molar-refractivity contribution in [3.63, 3.8) is 0 Å². The first-order chi connectivity index (χ1) is 10.2. The zero-order chi connectivity index (χ0) is 14.8. The second-order valence-corrected chi connectivity index (χ2v) is 4.87. The van der Waals surface area contributed by atoms with Crippen LogP contribution in [0.5, 0.6) is 0 Å². The van der Waals surface area contributed by atoms with E-state index in [2.05, 4.69) is 14.9 Å². The van der Waals surface area contributed by atoms with Crippen LogP contribution in [0.25, 0.3) is 10.9 Å². The number of carbonyl (C=O) groups excluding carboxylic acids is 2. The molecule has 1 N–H and O–H groups in total. The van der Waals surface area contributed by atoms with E-state index in [1.807, 2.05) is 24.3 Å². The summed E-state index contributed by atoms with van der Waals surface area (Å²) in [6.07, 6.45) is -0.354. The van der Waals surface area contributed by atoms with Crippen LogP contribution in [-0.2, 0) is 4.74 Å². The molecule has 0 saturated carbocycles. The Hall–Kier alpha value is -2.57. The van der Waals surface area contributed by atoms with Crippen LogP contribution >= 0.6 is 0 Å². The molecule has 7 nitrogen and oxygen atoms in total. The molecule has 1 aromatic heterocycles. The predicted molar refractivity (Wildman–Crippen MR) is 76.0 cm³/mol. The number of aromatic amines is 1. The fourth-order valence-electron chi connectivity index (χ4n) is 2.50. The van der Waals surface area contributed by atoms with E-state index in [0.717, 1.165) is 10.9 Å². The van der Waals surface area contributed by atoms with E-state index in [4.69, 9.17) is 0 Å². The number of carbonyl (C=O) groups is 2. The third-order valence-corrected chi connectivity index (χ3v) is 3.67. The van der Waals surface area contributed by atoms with E-state index in [1.165, 1.54) is 7.11 Å². The van der Waals surface area contributed by atoms with Crippen LogP contribution in [0.15, 0.2) is 24.3 Å². The molecule has 2 amide bonds. The summed E-state index contributed by atoms with van der Waals surface area (Å²) < 4.78 is 4.68. The zero-order valence-corrected chi connectivity index (χ0v) is 11.7. The highest BCUT2D eigenvalue weighted by Gasteiger charge is 2.27. The van der Waals surface area contributed by atoms with Gasteiger partial charge in [0.1, 0.15) is 0 Å². The van der Waals surface area contributed by atoms with Crippen LogP contribution in [0.2, 0.25) is 0 Å². The summed E-state index contributed by atoms with van der Waals surface area (Å²) in [7, 11) is 1.36. The molecule has 1 saturated heterocycles. The summed E-state index contributed by atoms with van der Waals surface area (Å²) >= 11 is 0. The second kappa shape index (κ2) is 5.43. The Morgan fingerprint density at radius 1 is 1.14 bits per heavy atom. The lowest BCUT2D eigenvalue weighted by atomic mass is 10.2. The Morgan fingerprint density at radius 3 is 2.52 bits per heavy atom. The summed E-state index contributed by atoms with van der Waals surface area (Å²) in [5.41, 5.74) is 1.27. The molecular weight excluding hydrogens is 272 g/mol. The molecule has 0 aliphatic carbocycles. The van der Waals surface area contributed by atoms with E-state index in [-0.39, 0.29) is 12.0 Å². The van der Waals surface area contributed by atoms with E-state index in [9.17, 15) is 9.59 Å². The van der Waals surface area contributed by atoms with E-state index in [1.54, 1.807) is 9.80 Å². The van der Waals surface area contributed by atoms with Crippen LogP contribution in [0, 0.1) is 0 Å². The third kappa shape index (κ3) is 2.42. The van der Waals surface area contributed by atoms with Gasteiger partial charge in [-0.2, -0.15) is 5.10 Å². The van der Waals surface area contributed by atoms with Crippen molar-refractivity contribution in [3.8, 4) is 0 Å². The molecule has 2 heterocycles. The first-order valence-corrected chi connectivity index (χ1v) is 6.76. The third-order valence-electron chi connectivity index (χ3n) is 3.67. The Morgan fingerprint density at radius 2 is 1.81 bits per heavy atom. The molecule has 0 atom stereocenters. The molecule has 1 aliphatic rings.